The third-order valence-corrected chi connectivity index (χ3v) is 6.27. The molecule has 2 aromatic heterocycles. The molecule has 0 saturated carbocycles. The molecule has 31 heavy (non-hydrogen) atoms. The first-order chi connectivity index (χ1) is 15.0. The number of carbonyl (C=O) groups excluding carboxylic acids is 3. The number of pyridine rings is 1. The lowest BCUT2D eigenvalue weighted by atomic mass is 9.89. The summed E-state index contributed by atoms with van der Waals surface area (Å²) < 4.78 is 10.2. The fraction of sp³-hybridized carbons (Fsp3) is 0.217. The monoisotopic (exact) mass is 436 g/mol. The predicted octanol–water partition coefficient (Wildman–Crippen LogP) is 3.88. The van der Waals surface area contributed by atoms with Gasteiger partial charge in [-0.15, -0.1) is 11.3 Å². The minimum absolute atomic E-state index is 0.251. The van der Waals surface area contributed by atoms with E-state index in [1.807, 2.05) is 18.2 Å². The summed E-state index contributed by atoms with van der Waals surface area (Å²) in [4.78, 5) is 42.3. The van der Waals surface area contributed by atoms with Gasteiger partial charge in [0.05, 0.1) is 18.2 Å². The molecule has 1 aromatic carbocycles. The number of aromatic nitrogens is 1. The molecule has 3 aromatic rings. The van der Waals surface area contributed by atoms with Crippen LogP contribution in [0.3, 0.4) is 0 Å². The molecular weight excluding hydrogens is 416 g/mol. The summed E-state index contributed by atoms with van der Waals surface area (Å²) in [5, 5.41) is 3.15. The van der Waals surface area contributed by atoms with Crippen molar-refractivity contribution in [1.29, 1.82) is 0 Å². The van der Waals surface area contributed by atoms with Crippen LogP contribution in [0.2, 0.25) is 0 Å². The maximum Gasteiger partial charge on any atom is 0.341 e. The lowest BCUT2D eigenvalue weighted by Gasteiger charge is -2.16. The topological polar surface area (TPSA) is 94.6 Å². The highest BCUT2D eigenvalue weighted by atomic mass is 32.1. The van der Waals surface area contributed by atoms with E-state index in [2.05, 4.69) is 16.4 Å². The van der Waals surface area contributed by atoms with Crippen LogP contribution < -0.4 is 5.32 Å². The van der Waals surface area contributed by atoms with Crippen LogP contribution in [0.25, 0.3) is 10.4 Å². The van der Waals surface area contributed by atoms with Gasteiger partial charge in [0.15, 0.2) is 6.10 Å². The largest absolute Gasteiger partial charge is 0.465 e. The Morgan fingerprint density at radius 1 is 1.10 bits per heavy atom. The summed E-state index contributed by atoms with van der Waals surface area (Å²) in [7, 11) is 1.31. The number of anilines is 1. The van der Waals surface area contributed by atoms with E-state index in [9.17, 15) is 14.4 Å². The highest BCUT2D eigenvalue weighted by Gasteiger charge is 2.30. The molecule has 1 unspecified atom stereocenters. The van der Waals surface area contributed by atoms with E-state index in [-0.39, 0.29) is 5.56 Å². The molecule has 1 aliphatic rings. The summed E-state index contributed by atoms with van der Waals surface area (Å²) in [5.41, 5.74) is 3.72. The van der Waals surface area contributed by atoms with Crippen molar-refractivity contribution in [2.24, 2.45) is 0 Å². The lowest BCUT2D eigenvalue weighted by molar-refractivity contribution is -0.123. The molecule has 0 saturated heterocycles. The Bertz CT molecular complexity index is 1160. The number of benzene rings is 1. The van der Waals surface area contributed by atoms with Gasteiger partial charge in [-0.1, -0.05) is 24.3 Å². The molecule has 0 radical (unpaired) electrons. The molecule has 8 heteroatoms. The van der Waals surface area contributed by atoms with Crippen LogP contribution in [0.15, 0.2) is 48.8 Å². The van der Waals surface area contributed by atoms with Crippen molar-refractivity contribution in [3.63, 3.8) is 0 Å². The maximum atomic E-state index is 12.8. The van der Waals surface area contributed by atoms with Gasteiger partial charge in [-0.3, -0.25) is 9.78 Å². The number of fused-ring (bicyclic) bond motifs is 3. The molecule has 4 rings (SSSR count). The first-order valence-corrected chi connectivity index (χ1v) is 10.6. The Morgan fingerprint density at radius 3 is 2.65 bits per heavy atom. The van der Waals surface area contributed by atoms with Gasteiger partial charge >= 0.3 is 11.9 Å². The van der Waals surface area contributed by atoms with Crippen molar-refractivity contribution < 1.29 is 23.9 Å². The number of carbonyl (C=O) groups is 3. The molecule has 0 spiro atoms. The van der Waals surface area contributed by atoms with Crippen LogP contribution in [0, 0.1) is 0 Å². The molecule has 2 heterocycles. The van der Waals surface area contributed by atoms with Gasteiger partial charge in [0.1, 0.15) is 5.00 Å². The number of amides is 1. The standard InChI is InChI=1S/C23H20N2O5S/c1-13(30-22(27)15-7-5-11-24-12-15)20(26)25-21-18(23(28)29-2)17-10-9-14-6-3-4-8-16(14)19(17)31-21/h3-8,11-13H,9-10H2,1-2H3,(H,25,26). The van der Waals surface area contributed by atoms with Crippen LogP contribution in [-0.4, -0.2) is 36.0 Å². The van der Waals surface area contributed by atoms with E-state index in [1.54, 1.807) is 12.1 Å². The number of nitrogens with one attached hydrogen (secondary N) is 1. The van der Waals surface area contributed by atoms with Crippen LogP contribution >= 0.6 is 11.3 Å². The summed E-state index contributed by atoms with van der Waals surface area (Å²) in [6.07, 6.45) is 3.32. The molecule has 0 bridgehead atoms. The number of hydrogen-bond acceptors (Lipinski definition) is 7. The quantitative estimate of drug-likeness (QED) is 0.610. The number of esters is 2. The molecular formula is C23H20N2O5S. The Morgan fingerprint density at radius 2 is 1.90 bits per heavy atom. The number of nitrogens with zero attached hydrogens (tertiary/aromatic N) is 1. The molecule has 0 aliphatic heterocycles. The minimum Gasteiger partial charge on any atom is -0.465 e. The number of ether oxygens (including phenoxy) is 2. The van der Waals surface area contributed by atoms with Crippen molar-refractivity contribution in [3.8, 4) is 10.4 Å². The first kappa shape index (κ1) is 20.7. The first-order valence-electron chi connectivity index (χ1n) is 9.73. The van der Waals surface area contributed by atoms with Gasteiger partial charge in [0, 0.05) is 17.3 Å². The zero-order valence-corrected chi connectivity index (χ0v) is 17.8. The molecule has 1 aliphatic carbocycles. The van der Waals surface area contributed by atoms with E-state index in [4.69, 9.17) is 9.47 Å². The number of aryl methyl sites for hydroxylation is 1. The smallest absolute Gasteiger partial charge is 0.341 e. The lowest BCUT2D eigenvalue weighted by Crippen LogP contribution is -2.30. The van der Waals surface area contributed by atoms with Crippen molar-refractivity contribution in [2.75, 3.05) is 12.4 Å². The normalized spacial score (nSPS) is 12.8. The van der Waals surface area contributed by atoms with Crippen LogP contribution in [-0.2, 0) is 27.1 Å². The molecule has 7 nitrogen and oxygen atoms in total. The van der Waals surface area contributed by atoms with Gasteiger partial charge in [0.2, 0.25) is 0 Å². The zero-order valence-electron chi connectivity index (χ0n) is 17.0. The van der Waals surface area contributed by atoms with Crippen molar-refractivity contribution in [2.45, 2.75) is 25.9 Å². The highest BCUT2D eigenvalue weighted by Crippen LogP contribution is 2.45. The Kier molecular flexibility index (Phi) is 5.81. The van der Waals surface area contributed by atoms with Crippen LogP contribution in [0.5, 0.6) is 0 Å². The number of methoxy groups -OCH3 is 1. The number of rotatable bonds is 5. The van der Waals surface area contributed by atoms with E-state index < -0.39 is 23.9 Å². The second kappa shape index (κ2) is 8.69. The fourth-order valence-electron chi connectivity index (χ4n) is 3.53. The van der Waals surface area contributed by atoms with Gasteiger partial charge in [-0.2, -0.15) is 0 Å². The predicted molar refractivity (Wildman–Crippen MR) is 116 cm³/mol. The molecule has 1 atom stereocenters. The Hall–Kier alpha value is -3.52. The van der Waals surface area contributed by atoms with E-state index in [0.717, 1.165) is 22.4 Å². The fourth-order valence-corrected chi connectivity index (χ4v) is 4.83. The molecule has 1 N–H and O–H groups in total. The summed E-state index contributed by atoms with van der Waals surface area (Å²) in [5.74, 6) is -1.69. The van der Waals surface area contributed by atoms with Gasteiger partial charge < -0.3 is 14.8 Å². The van der Waals surface area contributed by atoms with Crippen LogP contribution in [0.4, 0.5) is 5.00 Å². The highest BCUT2D eigenvalue weighted by molar-refractivity contribution is 7.20. The van der Waals surface area contributed by atoms with Crippen molar-refractivity contribution >= 4 is 34.2 Å². The zero-order chi connectivity index (χ0) is 22.0. The average molecular weight is 436 g/mol. The Balaban J connectivity index is 1.59. The number of thiophene rings is 1. The van der Waals surface area contributed by atoms with E-state index in [1.165, 1.54) is 43.3 Å². The van der Waals surface area contributed by atoms with E-state index in [0.29, 0.717) is 17.0 Å². The average Bonchev–Trinajstić information content (AvgIpc) is 3.17. The minimum atomic E-state index is -1.07. The van der Waals surface area contributed by atoms with Gasteiger partial charge in [-0.05, 0) is 48.6 Å². The SMILES string of the molecule is COC(=O)c1c(NC(=O)C(C)OC(=O)c2cccnc2)sc2c1CCc1ccccc1-2. The second-order valence-corrected chi connectivity index (χ2v) is 8.06. The Labute approximate surface area is 183 Å². The van der Waals surface area contributed by atoms with E-state index >= 15 is 0 Å². The van der Waals surface area contributed by atoms with Crippen LogP contribution in [0.1, 0.15) is 38.8 Å². The van der Waals surface area contributed by atoms with Gasteiger partial charge in [-0.25, -0.2) is 9.59 Å². The maximum absolute atomic E-state index is 12.8. The third kappa shape index (κ3) is 4.06. The third-order valence-electron chi connectivity index (χ3n) is 5.09. The van der Waals surface area contributed by atoms with Crippen molar-refractivity contribution in [1.82, 2.24) is 4.98 Å². The molecule has 158 valence electrons. The van der Waals surface area contributed by atoms with Gasteiger partial charge in [0.25, 0.3) is 5.91 Å². The van der Waals surface area contributed by atoms with Crippen molar-refractivity contribution in [3.05, 3.63) is 71.0 Å². The summed E-state index contributed by atoms with van der Waals surface area (Å²) in [6, 6.07) is 11.2. The summed E-state index contributed by atoms with van der Waals surface area (Å²) >= 11 is 1.33. The second-order valence-electron chi connectivity index (χ2n) is 7.04. The summed E-state index contributed by atoms with van der Waals surface area (Å²) in [6.45, 7) is 1.48. The molecule has 0 fully saturated rings. The number of hydrogen-bond donors (Lipinski definition) is 1. The molecule has 1 amide bonds.